The van der Waals surface area contributed by atoms with E-state index in [9.17, 15) is 4.79 Å². The lowest BCUT2D eigenvalue weighted by atomic mass is 9.87. The summed E-state index contributed by atoms with van der Waals surface area (Å²) >= 11 is 0. The van der Waals surface area contributed by atoms with Crippen molar-refractivity contribution in [1.82, 2.24) is 5.43 Å². The third-order valence-corrected chi connectivity index (χ3v) is 3.70. The van der Waals surface area contributed by atoms with Crippen LogP contribution < -0.4 is 10.2 Å². The Balaban J connectivity index is 1.87. The molecule has 0 atom stereocenters. The van der Waals surface area contributed by atoms with E-state index >= 15 is 0 Å². The summed E-state index contributed by atoms with van der Waals surface area (Å²) in [6.07, 6.45) is 1.93. The predicted molar refractivity (Wildman–Crippen MR) is 97.6 cm³/mol. The molecule has 0 aliphatic rings. The van der Waals surface area contributed by atoms with Crippen LogP contribution in [0, 0.1) is 0 Å². The molecule has 1 N–H and O–H groups in total. The van der Waals surface area contributed by atoms with Crippen LogP contribution in [0.25, 0.3) is 0 Å². The molecule has 0 fully saturated rings. The first-order valence-electron chi connectivity index (χ1n) is 7.94. The zero-order valence-electron chi connectivity index (χ0n) is 14.7. The number of nitrogens with zero attached hydrogens (tertiary/aromatic N) is 1. The quantitative estimate of drug-likeness (QED) is 0.674. The van der Waals surface area contributed by atoms with Crippen molar-refractivity contribution in [3.63, 3.8) is 0 Å². The van der Waals surface area contributed by atoms with Crippen LogP contribution in [-0.4, -0.2) is 19.2 Å². The Labute approximate surface area is 143 Å². The molecule has 2 aromatic carbocycles. The summed E-state index contributed by atoms with van der Waals surface area (Å²) in [5.41, 5.74) is 5.81. The summed E-state index contributed by atoms with van der Waals surface area (Å²) in [6.45, 7) is 6.53. The fourth-order valence-electron chi connectivity index (χ4n) is 2.22. The zero-order chi connectivity index (χ0) is 17.6. The van der Waals surface area contributed by atoms with Crippen LogP contribution in [0.2, 0.25) is 0 Å². The van der Waals surface area contributed by atoms with E-state index in [1.165, 1.54) is 5.56 Å². The molecule has 0 aliphatic carbocycles. The van der Waals surface area contributed by atoms with Crippen LogP contribution in [0.15, 0.2) is 53.6 Å². The molecule has 0 saturated heterocycles. The van der Waals surface area contributed by atoms with Crippen molar-refractivity contribution in [3.05, 3.63) is 65.2 Å². The first-order valence-corrected chi connectivity index (χ1v) is 7.94. The topological polar surface area (TPSA) is 50.7 Å². The number of carbonyl (C=O) groups excluding carboxylic acids is 1. The number of carbonyl (C=O) groups is 1. The van der Waals surface area contributed by atoms with Crippen molar-refractivity contribution in [2.75, 3.05) is 7.11 Å². The van der Waals surface area contributed by atoms with Crippen molar-refractivity contribution < 1.29 is 9.53 Å². The van der Waals surface area contributed by atoms with E-state index in [0.717, 1.165) is 16.9 Å². The Morgan fingerprint density at radius 3 is 2.25 bits per heavy atom. The molecule has 0 bridgehead atoms. The van der Waals surface area contributed by atoms with Crippen LogP contribution in [0.3, 0.4) is 0 Å². The lowest BCUT2D eigenvalue weighted by Gasteiger charge is -2.18. The van der Waals surface area contributed by atoms with Gasteiger partial charge in [-0.05, 0) is 34.2 Å². The van der Waals surface area contributed by atoms with E-state index in [0.29, 0.717) is 0 Å². The summed E-state index contributed by atoms with van der Waals surface area (Å²) in [5.74, 6) is 0.624. The summed E-state index contributed by atoms with van der Waals surface area (Å²) in [6, 6.07) is 15.6. The van der Waals surface area contributed by atoms with E-state index in [2.05, 4.69) is 43.4 Å². The highest BCUT2D eigenvalue weighted by Crippen LogP contribution is 2.21. The molecular formula is C20H24N2O2. The van der Waals surface area contributed by atoms with Gasteiger partial charge in [0.2, 0.25) is 5.91 Å². The second kappa shape index (κ2) is 7.77. The number of hydrogen-bond donors (Lipinski definition) is 1. The first kappa shape index (κ1) is 17.7. The summed E-state index contributed by atoms with van der Waals surface area (Å²) in [5, 5.41) is 4.01. The molecule has 0 unspecified atom stereocenters. The monoisotopic (exact) mass is 324 g/mol. The minimum atomic E-state index is -0.150. The maximum Gasteiger partial charge on any atom is 0.244 e. The molecule has 2 aromatic rings. The molecule has 0 radical (unpaired) electrons. The summed E-state index contributed by atoms with van der Waals surface area (Å²) in [7, 11) is 1.62. The molecule has 0 spiro atoms. The Bertz CT molecular complexity index is 696. The third kappa shape index (κ3) is 5.23. The van der Waals surface area contributed by atoms with Gasteiger partial charge < -0.3 is 4.74 Å². The largest absolute Gasteiger partial charge is 0.497 e. The number of ether oxygens (including phenoxy) is 1. The van der Waals surface area contributed by atoms with Gasteiger partial charge in [0.15, 0.2) is 0 Å². The Kier molecular flexibility index (Phi) is 5.74. The van der Waals surface area contributed by atoms with Gasteiger partial charge in [0.25, 0.3) is 0 Å². The number of methoxy groups -OCH3 is 1. The normalized spacial score (nSPS) is 11.5. The molecule has 0 saturated carbocycles. The molecule has 2 rings (SSSR count). The van der Waals surface area contributed by atoms with Gasteiger partial charge in [0, 0.05) is 0 Å². The van der Waals surface area contributed by atoms with Gasteiger partial charge in [0.1, 0.15) is 5.75 Å². The molecule has 0 aliphatic heterocycles. The second-order valence-electron chi connectivity index (χ2n) is 6.69. The van der Waals surface area contributed by atoms with E-state index in [4.69, 9.17) is 4.74 Å². The molecule has 24 heavy (non-hydrogen) atoms. The highest BCUT2D eigenvalue weighted by Gasteiger charge is 2.12. The van der Waals surface area contributed by atoms with E-state index in [1.807, 2.05) is 36.4 Å². The minimum Gasteiger partial charge on any atom is -0.497 e. The lowest BCUT2D eigenvalue weighted by Crippen LogP contribution is -2.19. The third-order valence-electron chi connectivity index (χ3n) is 3.70. The standard InChI is InChI=1S/C20H24N2O2/c1-20(2,3)17-9-5-16(6-10-17)14-21-22-19(23)13-15-7-11-18(24-4)12-8-15/h5-12,14H,13H2,1-4H3,(H,22,23)/b21-14+. The number of hydrazone groups is 1. The number of nitrogens with one attached hydrogen (secondary N) is 1. The maximum atomic E-state index is 11.9. The minimum absolute atomic E-state index is 0.127. The highest BCUT2D eigenvalue weighted by atomic mass is 16.5. The van der Waals surface area contributed by atoms with Crippen molar-refractivity contribution in [1.29, 1.82) is 0 Å². The fourth-order valence-corrected chi connectivity index (χ4v) is 2.22. The van der Waals surface area contributed by atoms with Gasteiger partial charge in [-0.25, -0.2) is 5.43 Å². The van der Waals surface area contributed by atoms with Crippen molar-refractivity contribution in [2.45, 2.75) is 32.6 Å². The van der Waals surface area contributed by atoms with Crippen LogP contribution >= 0.6 is 0 Å². The number of benzene rings is 2. The lowest BCUT2D eigenvalue weighted by molar-refractivity contribution is -0.120. The predicted octanol–water partition coefficient (Wildman–Crippen LogP) is 3.69. The number of hydrogen-bond acceptors (Lipinski definition) is 3. The van der Waals surface area contributed by atoms with Gasteiger partial charge in [-0.15, -0.1) is 0 Å². The van der Waals surface area contributed by atoms with Crippen LogP contribution in [0.5, 0.6) is 5.75 Å². The molecule has 0 heterocycles. The van der Waals surface area contributed by atoms with Crippen LogP contribution in [0.1, 0.15) is 37.5 Å². The SMILES string of the molecule is COc1ccc(CC(=O)N/N=C/c2ccc(C(C)(C)C)cc2)cc1. The van der Waals surface area contributed by atoms with Crippen molar-refractivity contribution in [3.8, 4) is 5.75 Å². The van der Waals surface area contributed by atoms with Crippen molar-refractivity contribution in [2.24, 2.45) is 5.10 Å². The van der Waals surface area contributed by atoms with Crippen molar-refractivity contribution >= 4 is 12.1 Å². The average molecular weight is 324 g/mol. The molecule has 4 heteroatoms. The van der Waals surface area contributed by atoms with E-state index in [-0.39, 0.29) is 17.7 Å². The van der Waals surface area contributed by atoms with Gasteiger partial charge >= 0.3 is 0 Å². The Morgan fingerprint density at radius 1 is 1.08 bits per heavy atom. The second-order valence-corrected chi connectivity index (χ2v) is 6.69. The van der Waals surface area contributed by atoms with Gasteiger partial charge in [0.05, 0.1) is 19.7 Å². The molecule has 126 valence electrons. The zero-order valence-corrected chi connectivity index (χ0v) is 14.7. The molecule has 1 amide bonds. The van der Waals surface area contributed by atoms with Crippen LogP contribution in [-0.2, 0) is 16.6 Å². The van der Waals surface area contributed by atoms with E-state index in [1.54, 1.807) is 13.3 Å². The molecule has 0 aromatic heterocycles. The fraction of sp³-hybridized carbons (Fsp3) is 0.300. The smallest absolute Gasteiger partial charge is 0.244 e. The number of amides is 1. The Hall–Kier alpha value is -2.62. The van der Waals surface area contributed by atoms with E-state index < -0.39 is 0 Å². The maximum absolute atomic E-state index is 11.9. The summed E-state index contributed by atoms with van der Waals surface area (Å²) in [4.78, 5) is 11.9. The number of rotatable bonds is 5. The highest BCUT2D eigenvalue weighted by molar-refractivity contribution is 5.83. The first-order chi connectivity index (χ1) is 11.4. The van der Waals surface area contributed by atoms with Crippen LogP contribution in [0.4, 0.5) is 0 Å². The molecule has 4 nitrogen and oxygen atoms in total. The van der Waals surface area contributed by atoms with Gasteiger partial charge in [-0.2, -0.15) is 5.10 Å². The molecular weight excluding hydrogens is 300 g/mol. The van der Waals surface area contributed by atoms with Gasteiger partial charge in [-0.1, -0.05) is 57.2 Å². The average Bonchev–Trinajstić information content (AvgIpc) is 2.55. The Morgan fingerprint density at radius 2 is 1.71 bits per heavy atom. The summed E-state index contributed by atoms with van der Waals surface area (Å²) < 4.78 is 5.09. The van der Waals surface area contributed by atoms with Gasteiger partial charge in [-0.3, -0.25) is 4.79 Å².